The first-order valence-electron chi connectivity index (χ1n) is 9.21. The fourth-order valence-corrected chi connectivity index (χ4v) is 4.06. The van der Waals surface area contributed by atoms with E-state index in [0.717, 1.165) is 42.6 Å². The molecule has 136 valence electrons. The summed E-state index contributed by atoms with van der Waals surface area (Å²) in [6.45, 7) is 1.52. The smallest absolute Gasteiger partial charge is 0.253 e. The van der Waals surface area contributed by atoms with Crippen LogP contribution in [0.2, 0.25) is 0 Å². The van der Waals surface area contributed by atoms with Gasteiger partial charge in [0.2, 0.25) is 0 Å². The molecule has 0 unspecified atom stereocenters. The summed E-state index contributed by atoms with van der Waals surface area (Å²) >= 11 is 0. The third kappa shape index (κ3) is 2.66. The number of fused-ring (bicyclic) bond motifs is 2. The number of likely N-dealkylation sites (tertiary alicyclic amines) is 1. The highest BCUT2D eigenvalue weighted by Crippen LogP contribution is 2.33. The van der Waals surface area contributed by atoms with E-state index in [1.807, 2.05) is 36.2 Å². The first kappa shape index (κ1) is 16.0. The average Bonchev–Trinajstić information content (AvgIpc) is 3.31. The molecule has 0 atom stereocenters. The van der Waals surface area contributed by atoms with Crippen molar-refractivity contribution < 1.29 is 4.79 Å². The summed E-state index contributed by atoms with van der Waals surface area (Å²) in [5.41, 5.74) is 4.61. The van der Waals surface area contributed by atoms with E-state index in [0.29, 0.717) is 11.5 Å². The van der Waals surface area contributed by atoms with Crippen LogP contribution in [0, 0.1) is 0 Å². The van der Waals surface area contributed by atoms with E-state index in [1.54, 1.807) is 10.9 Å². The molecule has 27 heavy (non-hydrogen) atoms. The number of benzene rings is 1. The van der Waals surface area contributed by atoms with Gasteiger partial charge in [0.15, 0.2) is 0 Å². The van der Waals surface area contributed by atoms with Crippen molar-refractivity contribution in [1.29, 1.82) is 0 Å². The second-order valence-electron chi connectivity index (χ2n) is 7.13. The van der Waals surface area contributed by atoms with E-state index in [2.05, 4.69) is 32.5 Å². The molecular weight excluding hydrogens is 340 g/mol. The fourth-order valence-electron chi connectivity index (χ4n) is 4.06. The third-order valence-corrected chi connectivity index (χ3v) is 5.56. The summed E-state index contributed by atoms with van der Waals surface area (Å²) in [7, 11) is 1.85. The van der Waals surface area contributed by atoms with Gasteiger partial charge in [-0.3, -0.25) is 4.79 Å². The van der Waals surface area contributed by atoms with Gasteiger partial charge in [-0.2, -0.15) is 0 Å². The molecule has 3 aromatic heterocycles. The summed E-state index contributed by atoms with van der Waals surface area (Å²) in [5.74, 6) is 0.524. The highest BCUT2D eigenvalue weighted by Gasteiger charge is 2.26. The molecule has 7 nitrogen and oxygen atoms in total. The summed E-state index contributed by atoms with van der Waals surface area (Å²) in [6.07, 6.45) is 5.79. The summed E-state index contributed by atoms with van der Waals surface area (Å²) < 4.78 is 1.71. The number of aromatic nitrogens is 5. The van der Waals surface area contributed by atoms with Crippen LogP contribution in [-0.2, 0) is 7.05 Å². The number of hydrogen-bond acceptors (Lipinski definition) is 4. The van der Waals surface area contributed by atoms with Gasteiger partial charge in [-0.15, -0.1) is 5.10 Å². The molecule has 1 fully saturated rings. The number of aryl methyl sites for hydroxylation is 1. The number of nitrogens with one attached hydrogen (secondary N) is 1. The lowest BCUT2D eigenvalue weighted by Crippen LogP contribution is -2.37. The second kappa shape index (κ2) is 6.19. The Labute approximate surface area is 156 Å². The zero-order chi connectivity index (χ0) is 18.4. The molecule has 0 saturated carbocycles. The van der Waals surface area contributed by atoms with Gasteiger partial charge in [0.25, 0.3) is 5.91 Å². The number of rotatable bonds is 2. The van der Waals surface area contributed by atoms with Gasteiger partial charge >= 0.3 is 0 Å². The highest BCUT2D eigenvalue weighted by molar-refractivity contribution is 5.97. The van der Waals surface area contributed by atoms with Gasteiger partial charge in [0.05, 0.1) is 5.52 Å². The van der Waals surface area contributed by atoms with Gasteiger partial charge in [-0.05, 0) is 54.7 Å². The average molecular weight is 360 g/mol. The second-order valence-corrected chi connectivity index (χ2v) is 7.13. The van der Waals surface area contributed by atoms with Crippen LogP contribution < -0.4 is 0 Å². The predicted octanol–water partition coefficient (Wildman–Crippen LogP) is 2.86. The Balaban J connectivity index is 1.32. The van der Waals surface area contributed by atoms with E-state index in [1.165, 1.54) is 10.9 Å². The maximum atomic E-state index is 12.9. The number of amides is 1. The van der Waals surface area contributed by atoms with Crippen LogP contribution in [0.25, 0.3) is 22.1 Å². The molecule has 4 aromatic rings. The van der Waals surface area contributed by atoms with Crippen molar-refractivity contribution in [2.75, 3.05) is 13.1 Å². The van der Waals surface area contributed by atoms with E-state index >= 15 is 0 Å². The number of pyridine rings is 1. The highest BCUT2D eigenvalue weighted by atomic mass is 16.2. The number of carbonyl (C=O) groups excluding carboxylic acids is 1. The largest absolute Gasteiger partial charge is 0.346 e. The predicted molar refractivity (Wildman–Crippen MR) is 102 cm³/mol. The van der Waals surface area contributed by atoms with Crippen molar-refractivity contribution in [3.8, 4) is 0 Å². The molecule has 0 bridgehead atoms. The third-order valence-electron chi connectivity index (χ3n) is 5.56. The minimum Gasteiger partial charge on any atom is -0.346 e. The van der Waals surface area contributed by atoms with Gasteiger partial charge in [-0.25, -0.2) is 9.67 Å². The van der Waals surface area contributed by atoms with Crippen molar-refractivity contribution in [2.24, 2.45) is 7.05 Å². The molecule has 1 amide bonds. The summed E-state index contributed by atoms with van der Waals surface area (Å²) in [6, 6.07) is 9.70. The number of nitrogens with zero attached hydrogens (tertiary/aromatic N) is 5. The molecule has 1 aliphatic heterocycles. The summed E-state index contributed by atoms with van der Waals surface area (Å²) in [4.78, 5) is 22.5. The molecule has 0 aliphatic carbocycles. The van der Waals surface area contributed by atoms with Crippen molar-refractivity contribution in [3.05, 3.63) is 53.9 Å². The van der Waals surface area contributed by atoms with Gasteiger partial charge in [0, 0.05) is 43.5 Å². The van der Waals surface area contributed by atoms with E-state index < -0.39 is 0 Å². The molecule has 5 rings (SSSR count). The van der Waals surface area contributed by atoms with E-state index in [9.17, 15) is 4.79 Å². The van der Waals surface area contributed by atoms with Crippen molar-refractivity contribution in [1.82, 2.24) is 29.9 Å². The minimum absolute atomic E-state index is 0.0709. The Morgan fingerprint density at radius 1 is 1.22 bits per heavy atom. The molecule has 0 radical (unpaired) electrons. The van der Waals surface area contributed by atoms with Crippen LogP contribution in [0.1, 0.15) is 34.7 Å². The topological polar surface area (TPSA) is 79.7 Å². The summed E-state index contributed by atoms with van der Waals surface area (Å²) in [5, 5.41) is 9.31. The molecule has 1 N–H and O–H groups in total. The van der Waals surface area contributed by atoms with Crippen LogP contribution in [0.15, 0.2) is 42.7 Å². The monoisotopic (exact) mass is 360 g/mol. The molecule has 1 saturated heterocycles. The zero-order valence-corrected chi connectivity index (χ0v) is 15.1. The molecular formula is C20H20N6O. The van der Waals surface area contributed by atoms with Crippen LogP contribution in [0.3, 0.4) is 0 Å². The number of H-pyrrole nitrogens is 1. The van der Waals surface area contributed by atoms with Crippen molar-refractivity contribution >= 4 is 28.0 Å². The standard InChI is InChI=1S/C20H20N6O/c1-25-18-5-4-14(11-17(18)23-24-25)20(27)26-9-6-13(7-10-26)16-12-22-19-15(16)3-2-8-21-19/h2-5,8,11-13H,6-7,9-10H2,1H3,(H,21,22). The Bertz CT molecular complexity index is 1140. The number of piperidine rings is 1. The first-order valence-corrected chi connectivity index (χ1v) is 9.21. The molecule has 0 spiro atoms. The SMILES string of the molecule is Cn1nnc2cc(C(=O)N3CCC(c4c[nH]c5ncccc45)CC3)ccc21. The van der Waals surface area contributed by atoms with Crippen molar-refractivity contribution in [2.45, 2.75) is 18.8 Å². The van der Waals surface area contributed by atoms with Gasteiger partial charge in [0.1, 0.15) is 11.2 Å². The first-order chi connectivity index (χ1) is 13.2. The lowest BCUT2D eigenvalue weighted by atomic mass is 9.89. The zero-order valence-electron chi connectivity index (χ0n) is 15.1. The van der Waals surface area contributed by atoms with Crippen molar-refractivity contribution in [3.63, 3.8) is 0 Å². The lowest BCUT2D eigenvalue weighted by Gasteiger charge is -2.32. The quantitative estimate of drug-likeness (QED) is 0.596. The Morgan fingerprint density at radius 3 is 2.93 bits per heavy atom. The minimum atomic E-state index is 0.0709. The Hall–Kier alpha value is -3.22. The molecule has 7 heteroatoms. The van der Waals surface area contributed by atoms with E-state index in [4.69, 9.17) is 0 Å². The van der Waals surface area contributed by atoms with Crippen LogP contribution >= 0.6 is 0 Å². The normalized spacial score (nSPS) is 15.7. The lowest BCUT2D eigenvalue weighted by molar-refractivity contribution is 0.0713. The van der Waals surface area contributed by atoms with Crippen LogP contribution in [0.5, 0.6) is 0 Å². The Kier molecular flexibility index (Phi) is 3.67. The molecule has 1 aromatic carbocycles. The fraction of sp³-hybridized carbons (Fsp3) is 0.300. The number of hydrogen-bond donors (Lipinski definition) is 1. The van der Waals surface area contributed by atoms with E-state index in [-0.39, 0.29) is 5.91 Å². The van der Waals surface area contributed by atoms with Crippen LogP contribution in [-0.4, -0.2) is 48.9 Å². The maximum absolute atomic E-state index is 12.9. The van der Waals surface area contributed by atoms with Gasteiger partial charge in [-0.1, -0.05) is 5.21 Å². The number of aromatic amines is 1. The maximum Gasteiger partial charge on any atom is 0.253 e. The number of carbonyl (C=O) groups is 1. The van der Waals surface area contributed by atoms with Gasteiger partial charge < -0.3 is 9.88 Å². The van der Waals surface area contributed by atoms with Crippen LogP contribution in [0.4, 0.5) is 0 Å². The Morgan fingerprint density at radius 2 is 2.07 bits per heavy atom. The molecule has 4 heterocycles. The molecule has 1 aliphatic rings.